The maximum absolute atomic E-state index is 3.25. The van der Waals surface area contributed by atoms with Gasteiger partial charge in [-0.25, -0.2) is 0 Å². The molecule has 0 fully saturated rings. The van der Waals surface area contributed by atoms with E-state index >= 15 is 0 Å². The zero-order chi connectivity index (χ0) is 8.27. The van der Waals surface area contributed by atoms with Crippen molar-refractivity contribution in [3.63, 3.8) is 0 Å². The largest absolute Gasteiger partial charge is 0.387 e. The molecule has 1 aliphatic heterocycles. The summed E-state index contributed by atoms with van der Waals surface area (Å²) in [7, 11) is 0. The molecule has 0 saturated heterocycles. The molecule has 0 aromatic rings. The van der Waals surface area contributed by atoms with Crippen molar-refractivity contribution in [2.24, 2.45) is 0 Å². The van der Waals surface area contributed by atoms with Gasteiger partial charge in [0.1, 0.15) is 0 Å². The van der Waals surface area contributed by atoms with Gasteiger partial charge in [-0.15, -0.1) is 0 Å². The zero-order valence-corrected chi connectivity index (χ0v) is 7.44. The summed E-state index contributed by atoms with van der Waals surface area (Å²) in [6.07, 6.45) is 6.35. The molecular weight excluding hydrogens is 134 g/mol. The van der Waals surface area contributed by atoms with E-state index < -0.39 is 0 Å². The summed E-state index contributed by atoms with van der Waals surface area (Å²) in [4.78, 5) is 0. The van der Waals surface area contributed by atoms with Gasteiger partial charge >= 0.3 is 0 Å². The van der Waals surface area contributed by atoms with Gasteiger partial charge < -0.3 is 5.32 Å². The van der Waals surface area contributed by atoms with Gasteiger partial charge in [-0.2, -0.15) is 0 Å². The smallest absolute Gasteiger partial charge is 0.0357 e. The molecule has 1 heterocycles. The molecule has 1 aliphatic rings. The van der Waals surface area contributed by atoms with E-state index in [1.807, 2.05) is 6.20 Å². The van der Waals surface area contributed by atoms with E-state index in [2.05, 4.69) is 38.2 Å². The molecule has 1 nitrogen and oxygen atoms in total. The Morgan fingerprint density at radius 3 is 2.64 bits per heavy atom. The van der Waals surface area contributed by atoms with E-state index in [-0.39, 0.29) is 0 Å². The fourth-order valence-corrected chi connectivity index (χ4v) is 0.951. The summed E-state index contributed by atoms with van der Waals surface area (Å²) in [6.45, 7) is 7.36. The summed E-state index contributed by atoms with van der Waals surface area (Å²) in [6, 6.07) is 0. The highest BCUT2D eigenvalue weighted by Gasteiger charge is 1.94. The molecule has 0 bridgehead atoms. The molecule has 0 atom stereocenters. The lowest BCUT2D eigenvalue weighted by atomic mass is 10.1. The van der Waals surface area contributed by atoms with E-state index in [0.717, 1.165) is 6.54 Å². The predicted molar refractivity (Wildman–Crippen MR) is 49.3 cm³/mol. The maximum atomic E-state index is 3.25. The standard InChI is InChI=1S/C10H15N/c1-8-4-5-9(2)10(3)7-11-6-8/h4-6,11H,7H2,1-3H3. The van der Waals surface area contributed by atoms with E-state index in [0.29, 0.717) is 0 Å². The lowest BCUT2D eigenvalue weighted by Crippen LogP contribution is -2.10. The topological polar surface area (TPSA) is 12.0 Å². The summed E-state index contributed by atoms with van der Waals surface area (Å²) in [5.74, 6) is 0. The second-order valence-electron chi connectivity index (χ2n) is 3.07. The van der Waals surface area contributed by atoms with Crippen LogP contribution in [0.4, 0.5) is 0 Å². The first kappa shape index (κ1) is 8.12. The first-order valence-electron chi connectivity index (χ1n) is 3.95. The summed E-state index contributed by atoms with van der Waals surface area (Å²) >= 11 is 0. The predicted octanol–water partition coefficient (Wildman–Crippen LogP) is 2.39. The number of hydrogen-bond acceptors (Lipinski definition) is 1. The minimum absolute atomic E-state index is 0.966. The zero-order valence-electron chi connectivity index (χ0n) is 7.44. The minimum atomic E-state index is 0.966. The van der Waals surface area contributed by atoms with Crippen LogP contribution in [0.15, 0.2) is 35.1 Å². The highest BCUT2D eigenvalue weighted by atomic mass is 14.8. The Balaban J connectivity index is 2.85. The molecule has 0 aromatic carbocycles. The van der Waals surface area contributed by atoms with Crippen molar-refractivity contribution >= 4 is 0 Å². The first-order valence-corrected chi connectivity index (χ1v) is 3.95. The quantitative estimate of drug-likeness (QED) is 0.557. The van der Waals surface area contributed by atoms with Gasteiger partial charge in [-0.05, 0) is 32.5 Å². The molecular formula is C10H15N. The number of nitrogens with one attached hydrogen (secondary N) is 1. The lowest BCUT2D eigenvalue weighted by molar-refractivity contribution is 0.914. The minimum Gasteiger partial charge on any atom is -0.387 e. The monoisotopic (exact) mass is 149 g/mol. The number of hydrogen-bond donors (Lipinski definition) is 1. The molecule has 0 unspecified atom stereocenters. The summed E-state index contributed by atoms with van der Waals surface area (Å²) in [5.41, 5.74) is 4.05. The molecule has 0 amide bonds. The molecule has 0 spiro atoms. The second-order valence-corrected chi connectivity index (χ2v) is 3.07. The normalized spacial score (nSPS) is 18.6. The van der Waals surface area contributed by atoms with E-state index in [1.54, 1.807) is 0 Å². The molecule has 11 heavy (non-hydrogen) atoms. The molecule has 0 saturated carbocycles. The van der Waals surface area contributed by atoms with Crippen LogP contribution < -0.4 is 5.32 Å². The van der Waals surface area contributed by atoms with Gasteiger partial charge in [0.2, 0.25) is 0 Å². The van der Waals surface area contributed by atoms with Crippen LogP contribution in [-0.4, -0.2) is 6.54 Å². The maximum Gasteiger partial charge on any atom is 0.0357 e. The van der Waals surface area contributed by atoms with Gasteiger partial charge in [0.15, 0.2) is 0 Å². The molecule has 0 aromatic heterocycles. The molecule has 0 radical (unpaired) electrons. The molecule has 1 rings (SSSR count). The van der Waals surface area contributed by atoms with E-state index in [9.17, 15) is 0 Å². The van der Waals surface area contributed by atoms with Crippen LogP contribution >= 0.6 is 0 Å². The van der Waals surface area contributed by atoms with Crippen molar-refractivity contribution in [2.75, 3.05) is 6.54 Å². The first-order chi connectivity index (χ1) is 5.20. The SMILES string of the molecule is CC1=CNCC(C)=C(C)C=C1. The van der Waals surface area contributed by atoms with Crippen molar-refractivity contribution in [1.29, 1.82) is 0 Å². The van der Waals surface area contributed by atoms with E-state index in [1.165, 1.54) is 16.7 Å². The number of rotatable bonds is 0. The third kappa shape index (κ3) is 2.26. The van der Waals surface area contributed by atoms with E-state index in [4.69, 9.17) is 0 Å². The van der Waals surface area contributed by atoms with Crippen molar-refractivity contribution in [3.05, 3.63) is 35.1 Å². The Kier molecular flexibility index (Phi) is 2.53. The average molecular weight is 149 g/mol. The summed E-state index contributed by atoms with van der Waals surface area (Å²) in [5, 5.41) is 3.25. The van der Waals surface area contributed by atoms with Gasteiger partial charge in [-0.3, -0.25) is 0 Å². The Hall–Kier alpha value is -0.980. The van der Waals surface area contributed by atoms with Crippen LogP contribution in [0.1, 0.15) is 20.8 Å². The Labute approximate surface area is 68.5 Å². The second kappa shape index (κ2) is 3.42. The lowest BCUT2D eigenvalue weighted by Gasteiger charge is -2.08. The molecule has 1 N–H and O–H groups in total. The molecule has 60 valence electrons. The Morgan fingerprint density at radius 2 is 1.91 bits per heavy atom. The number of allylic oxidation sites excluding steroid dienone is 4. The van der Waals surface area contributed by atoms with Crippen molar-refractivity contribution in [3.8, 4) is 0 Å². The fraction of sp³-hybridized carbons (Fsp3) is 0.400. The third-order valence-corrected chi connectivity index (χ3v) is 1.97. The van der Waals surface area contributed by atoms with Crippen LogP contribution in [0.25, 0.3) is 0 Å². The van der Waals surface area contributed by atoms with Crippen LogP contribution in [0.3, 0.4) is 0 Å². The van der Waals surface area contributed by atoms with Crippen molar-refractivity contribution < 1.29 is 0 Å². The van der Waals surface area contributed by atoms with Crippen molar-refractivity contribution in [1.82, 2.24) is 5.32 Å². The van der Waals surface area contributed by atoms with Crippen LogP contribution in [0, 0.1) is 0 Å². The summed E-state index contributed by atoms with van der Waals surface area (Å²) < 4.78 is 0. The van der Waals surface area contributed by atoms with Crippen LogP contribution in [0.2, 0.25) is 0 Å². The molecule has 1 heteroatoms. The third-order valence-electron chi connectivity index (χ3n) is 1.97. The Morgan fingerprint density at radius 1 is 1.18 bits per heavy atom. The van der Waals surface area contributed by atoms with Gasteiger partial charge in [0.05, 0.1) is 0 Å². The van der Waals surface area contributed by atoms with Crippen LogP contribution in [0.5, 0.6) is 0 Å². The van der Waals surface area contributed by atoms with Gasteiger partial charge in [-0.1, -0.05) is 23.3 Å². The highest BCUT2D eigenvalue weighted by Crippen LogP contribution is 2.08. The van der Waals surface area contributed by atoms with Gasteiger partial charge in [0.25, 0.3) is 0 Å². The Bertz CT molecular complexity index is 231. The molecule has 0 aliphatic carbocycles. The highest BCUT2D eigenvalue weighted by molar-refractivity contribution is 5.30. The van der Waals surface area contributed by atoms with Crippen LogP contribution in [-0.2, 0) is 0 Å². The fourth-order valence-electron chi connectivity index (χ4n) is 0.951. The van der Waals surface area contributed by atoms with Gasteiger partial charge in [0, 0.05) is 6.54 Å². The average Bonchev–Trinajstić information content (AvgIpc) is 1.98. The van der Waals surface area contributed by atoms with Crippen molar-refractivity contribution in [2.45, 2.75) is 20.8 Å².